The number of nitrogens with zero attached hydrogens (tertiary/aromatic N) is 4. The molecule has 2 aromatic rings. The zero-order chi connectivity index (χ0) is 13.2. The molecule has 0 saturated carbocycles. The fourth-order valence-electron chi connectivity index (χ4n) is 1.37. The van der Waals surface area contributed by atoms with E-state index >= 15 is 0 Å². The lowest BCUT2D eigenvalue weighted by Gasteiger charge is -2.20. The van der Waals surface area contributed by atoms with Crippen LogP contribution < -0.4 is 5.32 Å². The Kier molecular flexibility index (Phi) is 3.63. The van der Waals surface area contributed by atoms with Crippen LogP contribution in [0.15, 0.2) is 24.8 Å². The Bertz CT molecular complexity index is 529. The zero-order valence-corrected chi connectivity index (χ0v) is 11.4. The van der Waals surface area contributed by atoms with E-state index in [1.54, 1.807) is 29.5 Å². The van der Waals surface area contributed by atoms with E-state index in [2.05, 4.69) is 41.2 Å². The van der Waals surface area contributed by atoms with E-state index in [1.165, 1.54) is 0 Å². The summed E-state index contributed by atoms with van der Waals surface area (Å²) in [5.41, 5.74) is 0.918. The summed E-state index contributed by atoms with van der Waals surface area (Å²) in [5, 5.41) is 8.04. The van der Waals surface area contributed by atoms with Crippen molar-refractivity contribution in [2.24, 2.45) is 0 Å². The first-order valence-corrected chi connectivity index (χ1v) is 6.08. The fraction of sp³-hybridized carbons (Fsp3) is 0.417. The van der Waals surface area contributed by atoms with Crippen LogP contribution in [0, 0.1) is 0 Å². The van der Waals surface area contributed by atoms with Crippen LogP contribution in [0.2, 0.25) is 5.02 Å². The average Bonchev–Trinajstić information content (AvgIpc) is 2.73. The van der Waals surface area contributed by atoms with Crippen molar-refractivity contribution < 1.29 is 0 Å². The Hall–Kier alpha value is -1.46. The summed E-state index contributed by atoms with van der Waals surface area (Å²) in [5.74, 6) is 0.662. The summed E-state index contributed by atoms with van der Waals surface area (Å²) in [7, 11) is 0. The molecule has 18 heavy (non-hydrogen) atoms. The third-order valence-corrected chi connectivity index (χ3v) is 2.45. The van der Waals surface area contributed by atoms with Crippen LogP contribution in [0.5, 0.6) is 0 Å². The van der Waals surface area contributed by atoms with Crippen molar-refractivity contribution in [3.63, 3.8) is 0 Å². The van der Waals surface area contributed by atoms with Gasteiger partial charge in [-0.1, -0.05) is 11.6 Å². The summed E-state index contributed by atoms with van der Waals surface area (Å²) in [6.45, 7) is 6.99. The molecular weight excluding hydrogens is 250 g/mol. The third-order valence-electron chi connectivity index (χ3n) is 2.26. The van der Waals surface area contributed by atoms with Crippen molar-refractivity contribution in [1.29, 1.82) is 0 Å². The summed E-state index contributed by atoms with van der Waals surface area (Å²) in [4.78, 5) is 8.64. The average molecular weight is 266 g/mol. The third kappa shape index (κ3) is 3.51. The van der Waals surface area contributed by atoms with Gasteiger partial charge in [-0.15, -0.1) is 0 Å². The lowest BCUT2D eigenvalue weighted by molar-refractivity contribution is 0.420. The van der Waals surface area contributed by atoms with Gasteiger partial charge in [0.2, 0.25) is 0 Å². The van der Waals surface area contributed by atoms with Gasteiger partial charge >= 0.3 is 0 Å². The van der Waals surface area contributed by atoms with E-state index in [4.69, 9.17) is 11.6 Å². The molecule has 6 heteroatoms. The Labute approximate surface area is 111 Å². The van der Waals surface area contributed by atoms with Gasteiger partial charge in [-0.05, 0) is 20.8 Å². The summed E-state index contributed by atoms with van der Waals surface area (Å²) < 4.78 is 1.61. The molecule has 0 amide bonds. The van der Waals surface area contributed by atoms with E-state index in [-0.39, 0.29) is 5.54 Å². The molecular formula is C12H16ClN5. The molecule has 0 spiro atoms. The lowest BCUT2D eigenvalue weighted by atomic mass is 10.1. The minimum Gasteiger partial charge on any atom is -0.306 e. The van der Waals surface area contributed by atoms with E-state index in [9.17, 15) is 0 Å². The topological polar surface area (TPSA) is 55.6 Å². The Morgan fingerprint density at radius 1 is 1.28 bits per heavy atom. The molecule has 0 saturated heterocycles. The Morgan fingerprint density at radius 2 is 2.06 bits per heavy atom. The zero-order valence-electron chi connectivity index (χ0n) is 10.7. The van der Waals surface area contributed by atoms with Crippen molar-refractivity contribution in [2.75, 3.05) is 0 Å². The Morgan fingerprint density at radius 3 is 2.67 bits per heavy atom. The maximum Gasteiger partial charge on any atom is 0.172 e. The number of rotatable bonds is 3. The van der Waals surface area contributed by atoms with Gasteiger partial charge in [-0.2, -0.15) is 5.10 Å². The van der Waals surface area contributed by atoms with E-state index in [0.717, 1.165) is 5.69 Å². The molecule has 0 unspecified atom stereocenters. The van der Waals surface area contributed by atoms with Crippen LogP contribution in [0.3, 0.4) is 0 Å². The van der Waals surface area contributed by atoms with Gasteiger partial charge in [0.15, 0.2) is 5.82 Å². The predicted octanol–water partition coefficient (Wildman–Crippen LogP) is 2.20. The summed E-state index contributed by atoms with van der Waals surface area (Å²) in [6.07, 6.45) is 6.67. The first-order valence-electron chi connectivity index (χ1n) is 5.70. The molecule has 2 aromatic heterocycles. The number of nitrogens with one attached hydrogen (secondary N) is 1. The lowest BCUT2D eigenvalue weighted by Crippen LogP contribution is -2.35. The molecule has 0 radical (unpaired) electrons. The molecule has 0 aliphatic rings. The summed E-state index contributed by atoms with van der Waals surface area (Å²) >= 11 is 5.83. The molecule has 96 valence electrons. The van der Waals surface area contributed by atoms with Crippen molar-refractivity contribution >= 4 is 11.6 Å². The molecule has 0 aromatic carbocycles. The first kappa shape index (κ1) is 13.0. The van der Waals surface area contributed by atoms with Crippen molar-refractivity contribution in [1.82, 2.24) is 25.1 Å². The van der Waals surface area contributed by atoms with Crippen molar-refractivity contribution in [2.45, 2.75) is 32.9 Å². The van der Waals surface area contributed by atoms with E-state index in [1.807, 2.05) is 0 Å². The SMILES string of the molecule is CC(C)(C)NCc1cncc(-n2cc(Cl)cn2)n1. The highest BCUT2D eigenvalue weighted by Crippen LogP contribution is 2.09. The van der Waals surface area contributed by atoms with Gasteiger partial charge in [0, 0.05) is 18.3 Å². The van der Waals surface area contributed by atoms with Crippen LogP contribution in [-0.4, -0.2) is 25.3 Å². The number of aromatic nitrogens is 4. The number of hydrogen-bond donors (Lipinski definition) is 1. The quantitative estimate of drug-likeness (QED) is 0.924. The van der Waals surface area contributed by atoms with Gasteiger partial charge in [-0.3, -0.25) is 4.98 Å². The molecule has 0 aliphatic heterocycles. The molecule has 0 atom stereocenters. The maximum atomic E-state index is 5.83. The largest absolute Gasteiger partial charge is 0.306 e. The number of halogens is 1. The normalized spacial score (nSPS) is 11.8. The highest BCUT2D eigenvalue weighted by Gasteiger charge is 2.09. The number of hydrogen-bond acceptors (Lipinski definition) is 4. The molecule has 0 fully saturated rings. The monoisotopic (exact) mass is 265 g/mol. The molecule has 0 bridgehead atoms. The predicted molar refractivity (Wildman–Crippen MR) is 70.8 cm³/mol. The van der Waals surface area contributed by atoms with E-state index < -0.39 is 0 Å². The minimum absolute atomic E-state index is 0.0483. The second kappa shape index (κ2) is 5.04. The standard InChI is InChI=1S/C12H16ClN5/c1-12(2,3)15-6-10-5-14-7-11(17-10)18-8-9(13)4-16-18/h4-5,7-8,15H,6H2,1-3H3. The van der Waals surface area contributed by atoms with Gasteiger partial charge in [-0.25, -0.2) is 9.67 Å². The molecule has 1 N–H and O–H groups in total. The van der Waals surface area contributed by atoms with Crippen LogP contribution in [0.4, 0.5) is 0 Å². The van der Waals surface area contributed by atoms with Crippen molar-refractivity contribution in [3.8, 4) is 5.82 Å². The Balaban J connectivity index is 2.15. The molecule has 2 heterocycles. The minimum atomic E-state index is 0.0483. The van der Waals surface area contributed by atoms with Gasteiger partial charge < -0.3 is 5.32 Å². The van der Waals surface area contributed by atoms with Gasteiger partial charge in [0.05, 0.1) is 29.3 Å². The van der Waals surface area contributed by atoms with Gasteiger partial charge in [0.1, 0.15) is 0 Å². The second-order valence-corrected chi connectivity index (χ2v) is 5.51. The van der Waals surface area contributed by atoms with E-state index in [0.29, 0.717) is 17.4 Å². The maximum absolute atomic E-state index is 5.83. The first-order chi connectivity index (χ1) is 8.44. The van der Waals surface area contributed by atoms with Crippen molar-refractivity contribution in [3.05, 3.63) is 35.5 Å². The van der Waals surface area contributed by atoms with Crippen LogP contribution >= 0.6 is 11.6 Å². The fourth-order valence-corrected chi connectivity index (χ4v) is 1.51. The second-order valence-electron chi connectivity index (χ2n) is 5.08. The van der Waals surface area contributed by atoms with Crippen LogP contribution in [0.25, 0.3) is 5.82 Å². The van der Waals surface area contributed by atoms with Gasteiger partial charge in [0.25, 0.3) is 0 Å². The van der Waals surface area contributed by atoms with Crippen LogP contribution in [0.1, 0.15) is 26.5 Å². The molecule has 0 aliphatic carbocycles. The molecule has 2 rings (SSSR count). The highest BCUT2D eigenvalue weighted by molar-refractivity contribution is 6.30. The van der Waals surface area contributed by atoms with Crippen LogP contribution in [-0.2, 0) is 6.54 Å². The smallest absolute Gasteiger partial charge is 0.172 e. The molecule has 5 nitrogen and oxygen atoms in total. The highest BCUT2D eigenvalue weighted by atomic mass is 35.5. The summed E-state index contributed by atoms with van der Waals surface area (Å²) in [6, 6.07) is 0.